The van der Waals surface area contributed by atoms with Crippen LogP contribution in [0.4, 0.5) is 0 Å². The number of carbonyl (C=O) groups is 12. The van der Waals surface area contributed by atoms with E-state index >= 15 is 0 Å². The molecular weight excluding hydrogens is 921 g/mol. The molecule has 2 heterocycles. The minimum Gasteiger partial charge on any atom is -0.508 e. The second kappa shape index (κ2) is 27.0. The van der Waals surface area contributed by atoms with Crippen LogP contribution in [0.15, 0.2) is 24.3 Å². The largest absolute Gasteiger partial charge is 0.508 e. The standard InChI is InChI=1S/C44H66N12O14/c1-5-22(4)37-43(69)51-26(10-11-32(45)59)39(65)52-29(17-33(46)60)40(66)54-30(18-48-35(62)12-13-36(63)50-28(41(67)55-37)15-23-6-8-24(57)9-7-23)44(70)56-20-25(58)16-31(56)42(68)53-27(14-21(2)3)38(64)49-19-34(47)61/h6-9,21-22,25-31,37,57-58H,5,10-20H2,1-4H3,(H2,45,59)(H2,46,60)(H2,47,61)(H,48,62)(H,49,64)(H,50,63)(H,51,69)(H,52,65)(H,53,68)(H,54,66)(H,55,67)/t22-,25+,26-,27-,28-,29-,30-,31-,37-/m0/s1. The molecule has 0 bridgehead atoms. The second-order valence-corrected chi connectivity index (χ2v) is 17.8. The first-order valence-electron chi connectivity index (χ1n) is 22.9. The molecule has 26 heteroatoms. The van der Waals surface area contributed by atoms with E-state index in [-0.39, 0.29) is 30.9 Å². The molecule has 0 aliphatic carbocycles. The van der Waals surface area contributed by atoms with E-state index < -0.39 is 177 Å². The SMILES string of the molecule is CC[C@H](C)[C@@H]1NC(=O)[C@H](Cc2ccc(O)cc2)NC(=O)CCC(=O)NC[C@@H](C(=O)N2C[C@H](O)C[C@H]2C(=O)N[C@@H](CC(C)C)C(=O)NCC(N)=O)NC(=O)[C@H](CC(N)=O)NC(=O)[C@H](CCC(N)=O)NC1=O. The smallest absolute Gasteiger partial charge is 0.247 e. The van der Waals surface area contributed by atoms with Gasteiger partial charge in [0.25, 0.3) is 0 Å². The summed E-state index contributed by atoms with van der Waals surface area (Å²) in [4.78, 5) is 161. The molecule has 386 valence electrons. The number of nitrogens with zero attached hydrogens (tertiary/aromatic N) is 1. The fourth-order valence-corrected chi connectivity index (χ4v) is 7.58. The zero-order chi connectivity index (χ0) is 52.4. The summed E-state index contributed by atoms with van der Waals surface area (Å²) >= 11 is 0. The van der Waals surface area contributed by atoms with Crippen molar-refractivity contribution in [3.05, 3.63) is 29.8 Å². The Balaban J connectivity index is 2.08. The van der Waals surface area contributed by atoms with E-state index in [4.69, 9.17) is 17.2 Å². The quantitative estimate of drug-likeness (QED) is 0.0693. The minimum absolute atomic E-state index is 0.0764. The van der Waals surface area contributed by atoms with Gasteiger partial charge in [0.15, 0.2) is 0 Å². The van der Waals surface area contributed by atoms with Gasteiger partial charge in [0, 0.05) is 45.2 Å². The topological polar surface area (TPSA) is 423 Å². The highest BCUT2D eigenvalue weighted by molar-refractivity contribution is 6.00. The number of primary amides is 3. The van der Waals surface area contributed by atoms with E-state index in [2.05, 4.69) is 42.5 Å². The average molecular weight is 987 g/mol. The first-order chi connectivity index (χ1) is 32.9. The van der Waals surface area contributed by atoms with Gasteiger partial charge >= 0.3 is 0 Å². The highest BCUT2D eigenvalue weighted by Gasteiger charge is 2.43. The van der Waals surface area contributed by atoms with Gasteiger partial charge in [-0.25, -0.2) is 0 Å². The molecule has 0 aromatic heterocycles. The number of carbonyl (C=O) groups excluding carboxylic acids is 12. The molecule has 3 rings (SSSR count). The molecule has 26 nitrogen and oxygen atoms in total. The Labute approximate surface area is 403 Å². The number of amides is 12. The number of hydrogen-bond acceptors (Lipinski definition) is 14. The van der Waals surface area contributed by atoms with Crippen LogP contribution in [0.1, 0.15) is 84.6 Å². The number of rotatable bonds is 17. The summed E-state index contributed by atoms with van der Waals surface area (Å²) in [6.07, 6.45) is -4.31. The lowest BCUT2D eigenvalue weighted by Crippen LogP contribution is -2.62. The molecule has 2 aliphatic rings. The molecular formula is C44H66N12O14. The zero-order valence-corrected chi connectivity index (χ0v) is 39.5. The van der Waals surface area contributed by atoms with Gasteiger partial charge in [0.05, 0.1) is 19.1 Å². The molecule has 2 aliphatic heterocycles. The fraction of sp³-hybridized carbons (Fsp3) is 0.591. The Kier molecular flexibility index (Phi) is 21.9. The zero-order valence-electron chi connectivity index (χ0n) is 39.5. The summed E-state index contributed by atoms with van der Waals surface area (Å²) in [6, 6.07) is -5.09. The van der Waals surface area contributed by atoms with E-state index in [1.54, 1.807) is 27.7 Å². The van der Waals surface area contributed by atoms with Crippen LogP contribution in [0.3, 0.4) is 0 Å². The molecule has 1 aromatic rings. The number of aliphatic hydroxyl groups excluding tert-OH is 1. The normalized spacial score (nSPS) is 24.0. The summed E-state index contributed by atoms with van der Waals surface area (Å²) in [6.45, 7) is 5.08. The predicted octanol–water partition coefficient (Wildman–Crippen LogP) is -5.45. The van der Waals surface area contributed by atoms with Gasteiger partial charge in [-0.3, -0.25) is 57.5 Å². The monoisotopic (exact) mass is 986 g/mol. The molecule has 0 spiro atoms. The van der Waals surface area contributed by atoms with Gasteiger partial charge in [0.2, 0.25) is 70.9 Å². The number of likely N-dealkylation sites (tertiary alicyclic amines) is 1. The van der Waals surface area contributed by atoms with Crippen molar-refractivity contribution in [3.63, 3.8) is 0 Å². The molecule has 2 fully saturated rings. The molecule has 0 radical (unpaired) electrons. The summed E-state index contributed by atoms with van der Waals surface area (Å²) in [7, 11) is 0. The van der Waals surface area contributed by atoms with Crippen LogP contribution in [0.25, 0.3) is 0 Å². The second-order valence-electron chi connectivity index (χ2n) is 17.8. The first-order valence-corrected chi connectivity index (χ1v) is 22.9. The molecule has 70 heavy (non-hydrogen) atoms. The number of β-amino-alcohol motifs (C(OH)–C–C–N with tert-alkyl or cyclic N) is 1. The van der Waals surface area contributed by atoms with Gasteiger partial charge in [-0.1, -0.05) is 46.2 Å². The Morgan fingerprint density at radius 3 is 1.99 bits per heavy atom. The van der Waals surface area contributed by atoms with Gasteiger partial charge in [-0.15, -0.1) is 0 Å². The number of phenolic OH excluding ortho intramolecular Hbond substituents is 1. The Morgan fingerprint density at radius 2 is 1.39 bits per heavy atom. The molecule has 2 saturated heterocycles. The maximum absolute atomic E-state index is 14.5. The highest BCUT2D eigenvalue weighted by atomic mass is 16.3. The molecule has 0 unspecified atom stereocenters. The van der Waals surface area contributed by atoms with Crippen LogP contribution < -0.4 is 59.7 Å². The van der Waals surface area contributed by atoms with Gasteiger partial charge < -0.3 is 74.8 Å². The summed E-state index contributed by atoms with van der Waals surface area (Å²) in [5.41, 5.74) is 16.5. The molecule has 9 atom stereocenters. The lowest BCUT2D eigenvalue weighted by atomic mass is 9.96. The van der Waals surface area contributed by atoms with Crippen molar-refractivity contribution >= 4 is 70.9 Å². The van der Waals surface area contributed by atoms with Crippen LogP contribution in [0.5, 0.6) is 5.75 Å². The van der Waals surface area contributed by atoms with Gasteiger partial charge in [0.1, 0.15) is 48.0 Å². The summed E-state index contributed by atoms with van der Waals surface area (Å²) < 4.78 is 0. The Morgan fingerprint density at radius 1 is 0.771 bits per heavy atom. The first kappa shape index (κ1) is 56.9. The van der Waals surface area contributed by atoms with Crippen molar-refractivity contribution in [1.82, 2.24) is 47.4 Å². The number of hydrogen-bond donors (Lipinski definition) is 13. The highest BCUT2D eigenvalue weighted by Crippen LogP contribution is 2.21. The molecule has 16 N–H and O–H groups in total. The van der Waals surface area contributed by atoms with Crippen LogP contribution in [0.2, 0.25) is 0 Å². The number of nitrogens with one attached hydrogen (secondary N) is 8. The number of aliphatic hydroxyl groups is 1. The third-order valence-corrected chi connectivity index (χ3v) is 11.5. The van der Waals surface area contributed by atoms with E-state index in [0.29, 0.717) is 12.0 Å². The van der Waals surface area contributed by atoms with Crippen molar-refractivity contribution in [3.8, 4) is 5.75 Å². The number of nitrogens with two attached hydrogens (primary N) is 3. The van der Waals surface area contributed by atoms with Crippen LogP contribution in [0, 0.1) is 11.8 Å². The predicted molar refractivity (Wildman–Crippen MR) is 245 cm³/mol. The van der Waals surface area contributed by atoms with Crippen molar-refractivity contribution in [2.45, 2.75) is 134 Å². The molecule has 1 aromatic carbocycles. The van der Waals surface area contributed by atoms with E-state index in [9.17, 15) is 67.7 Å². The third kappa shape index (κ3) is 18.3. The maximum Gasteiger partial charge on any atom is 0.247 e. The van der Waals surface area contributed by atoms with Crippen LogP contribution in [-0.4, -0.2) is 154 Å². The number of benzene rings is 1. The Hall–Kier alpha value is -7.38. The van der Waals surface area contributed by atoms with E-state index in [1.165, 1.54) is 24.3 Å². The Bertz CT molecular complexity index is 2120. The average Bonchev–Trinajstić information content (AvgIpc) is 3.69. The van der Waals surface area contributed by atoms with Gasteiger partial charge in [-0.05, 0) is 42.4 Å². The van der Waals surface area contributed by atoms with Crippen molar-refractivity contribution in [2.24, 2.45) is 29.0 Å². The minimum atomic E-state index is -1.89. The number of phenols is 1. The van der Waals surface area contributed by atoms with Crippen LogP contribution in [-0.2, 0) is 64.0 Å². The van der Waals surface area contributed by atoms with Crippen molar-refractivity contribution in [2.75, 3.05) is 19.6 Å². The lowest BCUT2D eigenvalue weighted by Gasteiger charge is -2.31. The summed E-state index contributed by atoms with van der Waals surface area (Å²) in [5, 5.41) is 40.2. The third-order valence-electron chi connectivity index (χ3n) is 11.5. The summed E-state index contributed by atoms with van der Waals surface area (Å²) in [5.74, 6) is -12.3. The fourth-order valence-electron chi connectivity index (χ4n) is 7.58. The van der Waals surface area contributed by atoms with Crippen molar-refractivity contribution in [1.29, 1.82) is 0 Å². The lowest BCUT2D eigenvalue weighted by molar-refractivity contribution is -0.143. The molecule has 0 saturated carbocycles. The number of aromatic hydroxyl groups is 1. The molecule has 12 amide bonds. The van der Waals surface area contributed by atoms with Gasteiger partial charge in [-0.2, -0.15) is 0 Å². The van der Waals surface area contributed by atoms with E-state index in [1.807, 2.05) is 0 Å². The maximum atomic E-state index is 14.5. The van der Waals surface area contributed by atoms with Crippen molar-refractivity contribution < 1.29 is 67.7 Å². The van der Waals surface area contributed by atoms with Crippen LogP contribution >= 0.6 is 0 Å². The van der Waals surface area contributed by atoms with E-state index in [0.717, 1.165) is 4.90 Å².